The van der Waals surface area contributed by atoms with Gasteiger partial charge in [0.05, 0.1) is 20.8 Å². The van der Waals surface area contributed by atoms with Crippen LogP contribution in [-0.4, -0.2) is 49.7 Å². The molecule has 7 heteroatoms. The summed E-state index contributed by atoms with van der Waals surface area (Å²) in [6.07, 6.45) is 0. The van der Waals surface area contributed by atoms with Crippen LogP contribution in [0, 0.1) is 0 Å². The van der Waals surface area contributed by atoms with Gasteiger partial charge in [-0.15, -0.1) is 0 Å². The Hall–Kier alpha value is -1.08. The molecule has 1 fully saturated rings. The first-order chi connectivity index (χ1) is 10.2. The van der Waals surface area contributed by atoms with Crippen LogP contribution >= 0.6 is 27.7 Å². The van der Waals surface area contributed by atoms with Gasteiger partial charge in [-0.25, -0.2) is 4.99 Å². The number of benzene rings is 1. The minimum Gasteiger partial charge on any atom is -0.493 e. The van der Waals surface area contributed by atoms with Crippen molar-refractivity contribution in [2.24, 2.45) is 10.7 Å². The molecule has 0 saturated carbocycles. The minimum absolute atomic E-state index is 0.510. The summed E-state index contributed by atoms with van der Waals surface area (Å²) in [4.78, 5) is 6.62. The highest BCUT2D eigenvalue weighted by Gasteiger charge is 2.13. The van der Waals surface area contributed by atoms with Crippen LogP contribution in [0.5, 0.6) is 11.5 Å². The van der Waals surface area contributed by atoms with E-state index in [0.29, 0.717) is 24.0 Å². The molecule has 0 aliphatic carbocycles. The maximum absolute atomic E-state index is 6.07. The lowest BCUT2D eigenvalue weighted by molar-refractivity contribution is 0.354. The van der Waals surface area contributed by atoms with E-state index in [1.807, 2.05) is 23.9 Å². The Kier molecular flexibility index (Phi) is 6.05. The summed E-state index contributed by atoms with van der Waals surface area (Å²) in [5.74, 6) is 4.21. The molecule has 1 saturated heterocycles. The molecule has 0 amide bonds. The van der Waals surface area contributed by atoms with Gasteiger partial charge in [0.2, 0.25) is 0 Å². The Bertz CT molecular complexity index is 519. The third-order valence-corrected chi connectivity index (χ3v) is 4.98. The molecule has 0 spiro atoms. The van der Waals surface area contributed by atoms with Gasteiger partial charge in [-0.3, -0.25) is 0 Å². The molecule has 1 aliphatic heterocycles. The fourth-order valence-electron chi connectivity index (χ4n) is 2.08. The van der Waals surface area contributed by atoms with Crippen molar-refractivity contribution in [2.45, 2.75) is 6.54 Å². The molecule has 0 aromatic heterocycles. The van der Waals surface area contributed by atoms with Crippen molar-refractivity contribution in [1.29, 1.82) is 0 Å². The van der Waals surface area contributed by atoms with Gasteiger partial charge in [-0.05, 0) is 17.7 Å². The molecule has 0 bridgehead atoms. The maximum Gasteiger partial charge on any atom is 0.191 e. The van der Waals surface area contributed by atoms with Crippen molar-refractivity contribution in [3.8, 4) is 11.5 Å². The first-order valence-corrected chi connectivity index (χ1v) is 8.63. The molecule has 116 valence electrons. The zero-order valence-electron chi connectivity index (χ0n) is 12.3. The van der Waals surface area contributed by atoms with Crippen LogP contribution in [0.25, 0.3) is 0 Å². The van der Waals surface area contributed by atoms with Crippen molar-refractivity contribution in [1.82, 2.24) is 4.90 Å². The highest BCUT2D eigenvalue weighted by Crippen LogP contribution is 2.33. The SMILES string of the molecule is COc1cc(Br)c(CN=C(N)N2CCSCC2)cc1OC. The molecule has 1 aliphatic rings. The Morgan fingerprint density at radius 3 is 2.52 bits per heavy atom. The van der Waals surface area contributed by atoms with Gasteiger partial charge in [-0.2, -0.15) is 11.8 Å². The molecule has 2 N–H and O–H groups in total. The topological polar surface area (TPSA) is 60.1 Å². The number of guanidine groups is 1. The molecule has 1 heterocycles. The molecule has 21 heavy (non-hydrogen) atoms. The van der Waals surface area contributed by atoms with Gasteiger partial charge in [0.15, 0.2) is 17.5 Å². The van der Waals surface area contributed by atoms with Crippen molar-refractivity contribution >= 4 is 33.7 Å². The van der Waals surface area contributed by atoms with E-state index in [4.69, 9.17) is 15.2 Å². The van der Waals surface area contributed by atoms with E-state index < -0.39 is 0 Å². The van der Waals surface area contributed by atoms with Crippen LogP contribution in [0.2, 0.25) is 0 Å². The summed E-state index contributed by atoms with van der Waals surface area (Å²) < 4.78 is 11.5. The monoisotopic (exact) mass is 373 g/mol. The fourth-order valence-corrected chi connectivity index (χ4v) is 3.43. The van der Waals surface area contributed by atoms with E-state index in [1.54, 1.807) is 14.2 Å². The molecule has 0 unspecified atom stereocenters. The van der Waals surface area contributed by atoms with E-state index in [9.17, 15) is 0 Å². The number of ether oxygens (including phenoxy) is 2. The minimum atomic E-state index is 0.510. The van der Waals surface area contributed by atoms with Crippen molar-refractivity contribution < 1.29 is 9.47 Å². The smallest absolute Gasteiger partial charge is 0.191 e. The maximum atomic E-state index is 6.07. The van der Waals surface area contributed by atoms with Crippen molar-refractivity contribution in [3.63, 3.8) is 0 Å². The number of nitrogens with two attached hydrogens (primary N) is 1. The predicted octanol–water partition coefficient (Wildman–Crippen LogP) is 2.33. The lowest BCUT2D eigenvalue weighted by Crippen LogP contribution is -2.42. The number of hydrogen-bond donors (Lipinski definition) is 1. The van der Waals surface area contributed by atoms with Crippen LogP contribution in [0.1, 0.15) is 5.56 Å². The Morgan fingerprint density at radius 1 is 1.29 bits per heavy atom. The normalized spacial score (nSPS) is 16.0. The number of halogens is 1. The van der Waals surface area contributed by atoms with E-state index in [2.05, 4.69) is 25.8 Å². The molecular weight excluding hydrogens is 354 g/mol. The average molecular weight is 374 g/mol. The van der Waals surface area contributed by atoms with Crippen LogP contribution < -0.4 is 15.2 Å². The second-order valence-corrected chi connectivity index (χ2v) is 6.65. The van der Waals surface area contributed by atoms with Crippen molar-refractivity contribution in [2.75, 3.05) is 38.8 Å². The molecular formula is C14H20BrN3O2S. The molecule has 5 nitrogen and oxygen atoms in total. The zero-order valence-corrected chi connectivity index (χ0v) is 14.7. The number of nitrogens with zero attached hydrogens (tertiary/aromatic N) is 2. The van der Waals surface area contributed by atoms with Crippen LogP contribution in [0.4, 0.5) is 0 Å². The number of hydrogen-bond acceptors (Lipinski definition) is 4. The van der Waals surface area contributed by atoms with E-state index >= 15 is 0 Å². The average Bonchev–Trinajstić information content (AvgIpc) is 2.53. The lowest BCUT2D eigenvalue weighted by atomic mass is 10.2. The zero-order chi connectivity index (χ0) is 15.2. The molecule has 0 atom stereocenters. The first kappa shape index (κ1) is 16.3. The van der Waals surface area contributed by atoms with E-state index in [0.717, 1.165) is 34.6 Å². The van der Waals surface area contributed by atoms with Gasteiger partial charge in [-0.1, -0.05) is 15.9 Å². The highest BCUT2D eigenvalue weighted by molar-refractivity contribution is 9.10. The summed E-state index contributed by atoms with van der Waals surface area (Å²) in [5.41, 5.74) is 7.08. The summed E-state index contributed by atoms with van der Waals surface area (Å²) in [6.45, 7) is 2.44. The second-order valence-electron chi connectivity index (χ2n) is 4.57. The number of methoxy groups -OCH3 is 2. The summed E-state index contributed by atoms with van der Waals surface area (Å²) in [5, 5.41) is 0. The largest absolute Gasteiger partial charge is 0.493 e. The molecule has 1 aromatic rings. The van der Waals surface area contributed by atoms with Gasteiger partial charge in [0, 0.05) is 29.1 Å². The fraction of sp³-hybridized carbons (Fsp3) is 0.500. The third-order valence-electron chi connectivity index (χ3n) is 3.30. The van der Waals surface area contributed by atoms with Crippen molar-refractivity contribution in [3.05, 3.63) is 22.2 Å². The van der Waals surface area contributed by atoms with E-state index in [-0.39, 0.29) is 0 Å². The number of aliphatic imine (C=N–C) groups is 1. The van der Waals surface area contributed by atoms with Gasteiger partial charge in [0.25, 0.3) is 0 Å². The summed E-state index contributed by atoms with van der Waals surface area (Å²) >= 11 is 5.49. The van der Waals surface area contributed by atoms with Crippen LogP contribution in [0.15, 0.2) is 21.6 Å². The quantitative estimate of drug-likeness (QED) is 0.648. The highest BCUT2D eigenvalue weighted by atomic mass is 79.9. The number of rotatable bonds is 4. The van der Waals surface area contributed by atoms with E-state index in [1.165, 1.54) is 0 Å². The lowest BCUT2D eigenvalue weighted by Gasteiger charge is -2.27. The van der Waals surface area contributed by atoms with Gasteiger partial charge >= 0.3 is 0 Å². The first-order valence-electron chi connectivity index (χ1n) is 6.68. The number of thioether (sulfide) groups is 1. The molecule has 2 rings (SSSR count). The summed E-state index contributed by atoms with van der Waals surface area (Å²) in [7, 11) is 3.24. The van der Waals surface area contributed by atoms with Gasteiger partial charge in [0.1, 0.15) is 0 Å². The standard InChI is InChI=1S/C14H20BrN3O2S/c1-19-12-7-10(11(15)8-13(12)20-2)9-17-14(16)18-3-5-21-6-4-18/h7-8H,3-6,9H2,1-2H3,(H2,16,17). The molecule has 1 aromatic carbocycles. The Labute approximate surface area is 138 Å². The Morgan fingerprint density at radius 2 is 1.90 bits per heavy atom. The van der Waals surface area contributed by atoms with Gasteiger partial charge < -0.3 is 20.1 Å². The third kappa shape index (κ3) is 4.20. The molecule has 0 radical (unpaired) electrons. The summed E-state index contributed by atoms with van der Waals surface area (Å²) in [6, 6.07) is 3.81. The second kappa shape index (κ2) is 7.79. The van der Waals surface area contributed by atoms with Crippen LogP contribution in [0.3, 0.4) is 0 Å². The van der Waals surface area contributed by atoms with Crippen LogP contribution in [-0.2, 0) is 6.54 Å². The predicted molar refractivity (Wildman–Crippen MR) is 91.5 cm³/mol. The Balaban J connectivity index is 2.11.